The average Bonchev–Trinajstić information content (AvgIpc) is 3.26. The Bertz CT molecular complexity index is 1050. The molecule has 9 heteroatoms. The normalized spacial score (nSPS) is 17.1. The lowest BCUT2D eigenvalue weighted by molar-refractivity contribution is -0.384. The third kappa shape index (κ3) is 3.49. The Hall–Kier alpha value is -3.17. The Labute approximate surface area is 169 Å². The molecule has 0 radical (unpaired) electrons. The molecule has 140 valence electrons. The van der Waals surface area contributed by atoms with Crippen molar-refractivity contribution in [2.45, 2.75) is 0 Å². The number of nitro benzene ring substituents is 1. The van der Waals surface area contributed by atoms with Crippen LogP contribution in [0.2, 0.25) is 0 Å². The van der Waals surface area contributed by atoms with Crippen LogP contribution in [-0.2, 0) is 4.79 Å². The summed E-state index contributed by atoms with van der Waals surface area (Å²) in [6.45, 7) is 0.216. The number of thiocarbonyl (C=S) groups is 1. The molecule has 7 nitrogen and oxygen atoms in total. The molecule has 0 aromatic heterocycles. The number of hydrogen-bond donors (Lipinski definition) is 0. The second kappa shape index (κ2) is 7.45. The molecule has 2 aromatic carbocycles. The number of hydrogen-bond acceptors (Lipinski definition) is 7. The summed E-state index contributed by atoms with van der Waals surface area (Å²) in [6, 6.07) is 11.3. The zero-order chi connectivity index (χ0) is 19.7. The zero-order valence-electron chi connectivity index (χ0n) is 14.2. The topological polar surface area (TPSA) is 81.9 Å². The minimum Gasteiger partial charge on any atom is -0.454 e. The van der Waals surface area contributed by atoms with Gasteiger partial charge in [0.1, 0.15) is 0 Å². The molecule has 1 amide bonds. The maximum Gasteiger partial charge on any atom is 0.270 e. The van der Waals surface area contributed by atoms with Crippen molar-refractivity contribution in [1.29, 1.82) is 0 Å². The third-order valence-electron chi connectivity index (χ3n) is 4.05. The number of carbonyl (C=O) groups excluding carboxylic acids is 1. The largest absolute Gasteiger partial charge is 0.454 e. The smallest absolute Gasteiger partial charge is 0.270 e. The number of nitrogens with zero attached hydrogens (tertiary/aromatic N) is 2. The van der Waals surface area contributed by atoms with Gasteiger partial charge in [0.15, 0.2) is 15.8 Å². The minimum absolute atomic E-state index is 0.0450. The molecule has 0 aliphatic carbocycles. The highest BCUT2D eigenvalue weighted by Gasteiger charge is 2.33. The fourth-order valence-electron chi connectivity index (χ4n) is 2.69. The number of benzene rings is 2. The van der Waals surface area contributed by atoms with Crippen LogP contribution in [0.4, 0.5) is 11.4 Å². The van der Waals surface area contributed by atoms with Crippen molar-refractivity contribution >= 4 is 51.7 Å². The standard InChI is InChI=1S/C19H12N2O5S2/c22-18-17(3-1-2-12-4-9-15-16(10-12)26-11-25-15)28-19(27)20(18)13-5-7-14(8-6-13)21(23)24/h1-10H,11H2/b2-1+,17-3-. The summed E-state index contributed by atoms with van der Waals surface area (Å²) in [5.41, 5.74) is 1.36. The molecule has 2 aromatic rings. The van der Waals surface area contributed by atoms with Gasteiger partial charge in [0, 0.05) is 12.1 Å². The molecule has 0 atom stereocenters. The van der Waals surface area contributed by atoms with E-state index in [9.17, 15) is 14.9 Å². The van der Waals surface area contributed by atoms with Crippen LogP contribution in [0.1, 0.15) is 5.56 Å². The van der Waals surface area contributed by atoms with Gasteiger partial charge < -0.3 is 9.47 Å². The maximum atomic E-state index is 12.7. The number of fused-ring (bicyclic) bond motifs is 1. The first kappa shape index (κ1) is 18.2. The van der Waals surface area contributed by atoms with Crippen LogP contribution in [0.5, 0.6) is 11.5 Å². The monoisotopic (exact) mass is 412 g/mol. The highest BCUT2D eigenvalue weighted by molar-refractivity contribution is 8.27. The Morgan fingerprint density at radius 1 is 1.14 bits per heavy atom. The third-order valence-corrected chi connectivity index (χ3v) is 5.37. The van der Waals surface area contributed by atoms with Crippen molar-refractivity contribution in [3.63, 3.8) is 0 Å². The molecule has 28 heavy (non-hydrogen) atoms. The van der Waals surface area contributed by atoms with Gasteiger partial charge in [0.25, 0.3) is 11.6 Å². The van der Waals surface area contributed by atoms with Gasteiger partial charge in [-0.15, -0.1) is 0 Å². The molecule has 2 heterocycles. The Morgan fingerprint density at radius 2 is 1.89 bits per heavy atom. The van der Waals surface area contributed by atoms with E-state index in [2.05, 4.69) is 0 Å². The van der Waals surface area contributed by atoms with Crippen molar-refractivity contribution in [2.24, 2.45) is 0 Å². The second-order valence-electron chi connectivity index (χ2n) is 5.78. The molecule has 0 unspecified atom stereocenters. The molecule has 0 spiro atoms. The van der Waals surface area contributed by atoms with Gasteiger partial charge in [0.2, 0.25) is 6.79 Å². The summed E-state index contributed by atoms with van der Waals surface area (Å²) in [5, 5.41) is 10.8. The van der Waals surface area contributed by atoms with E-state index in [1.807, 2.05) is 24.3 Å². The van der Waals surface area contributed by atoms with Crippen LogP contribution in [0.3, 0.4) is 0 Å². The number of allylic oxidation sites excluding steroid dienone is 2. The van der Waals surface area contributed by atoms with Gasteiger partial charge in [-0.25, -0.2) is 0 Å². The van der Waals surface area contributed by atoms with E-state index in [-0.39, 0.29) is 18.4 Å². The number of thioether (sulfide) groups is 1. The number of ether oxygens (including phenoxy) is 2. The van der Waals surface area contributed by atoms with Gasteiger partial charge in [-0.2, -0.15) is 0 Å². The predicted molar refractivity (Wildman–Crippen MR) is 110 cm³/mol. The lowest BCUT2D eigenvalue weighted by Gasteiger charge is -2.13. The van der Waals surface area contributed by atoms with Crippen LogP contribution >= 0.6 is 24.0 Å². The first-order valence-corrected chi connectivity index (χ1v) is 9.34. The molecule has 1 saturated heterocycles. The van der Waals surface area contributed by atoms with Crippen molar-refractivity contribution in [2.75, 3.05) is 11.7 Å². The van der Waals surface area contributed by atoms with E-state index in [4.69, 9.17) is 21.7 Å². The van der Waals surface area contributed by atoms with E-state index in [0.717, 1.165) is 5.56 Å². The summed E-state index contributed by atoms with van der Waals surface area (Å²) >= 11 is 6.48. The number of rotatable bonds is 4. The molecule has 2 aliphatic rings. The highest BCUT2D eigenvalue weighted by atomic mass is 32.2. The molecule has 1 fully saturated rings. The van der Waals surface area contributed by atoms with Crippen LogP contribution in [-0.4, -0.2) is 21.9 Å². The number of non-ortho nitro benzene ring substituents is 1. The van der Waals surface area contributed by atoms with Crippen molar-refractivity contribution in [1.82, 2.24) is 0 Å². The highest BCUT2D eigenvalue weighted by Crippen LogP contribution is 2.36. The molecule has 0 saturated carbocycles. The van der Waals surface area contributed by atoms with Crippen molar-refractivity contribution in [3.05, 3.63) is 75.2 Å². The van der Waals surface area contributed by atoms with Gasteiger partial charge in [0.05, 0.1) is 15.5 Å². The number of nitro groups is 1. The molecule has 0 N–H and O–H groups in total. The summed E-state index contributed by atoms with van der Waals surface area (Å²) in [7, 11) is 0. The van der Waals surface area contributed by atoms with Crippen LogP contribution in [0.15, 0.2) is 59.5 Å². The Kier molecular flexibility index (Phi) is 4.84. The summed E-state index contributed by atoms with van der Waals surface area (Å²) in [6.07, 6.45) is 5.30. The van der Waals surface area contributed by atoms with E-state index in [1.165, 1.54) is 40.9 Å². The summed E-state index contributed by atoms with van der Waals surface area (Å²) < 4.78 is 11.0. The Balaban J connectivity index is 1.51. The zero-order valence-corrected chi connectivity index (χ0v) is 15.9. The lowest BCUT2D eigenvalue weighted by atomic mass is 10.2. The minimum atomic E-state index is -0.491. The van der Waals surface area contributed by atoms with Gasteiger partial charge in [-0.1, -0.05) is 42.2 Å². The SMILES string of the molecule is O=C1/C(=C/C=C/c2ccc3c(c2)OCO3)SC(=S)N1c1ccc([N+](=O)[O-])cc1. The van der Waals surface area contributed by atoms with Crippen molar-refractivity contribution < 1.29 is 19.2 Å². The van der Waals surface area contributed by atoms with Crippen molar-refractivity contribution in [3.8, 4) is 11.5 Å². The molecular formula is C19H12N2O5S2. The number of anilines is 1. The van der Waals surface area contributed by atoms with E-state index < -0.39 is 4.92 Å². The summed E-state index contributed by atoms with van der Waals surface area (Å²) in [5.74, 6) is 1.13. The van der Waals surface area contributed by atoms with Gasteiger partial charge in [-0.3, -0.25) is 19.8 Å². The first-order valence-electron chi connectivity index (χ1n) is 8.12. The predicted octanol–water partition coefficient (Wildman–Crippen LogP) is 4.29. The number of amides is 1. The molecular weight excluding hydrogens is 400 g/mol. The fraction of sp³-hybridized carbons (Fsp3) is 0.0526. The van der Waals surface area contributed by atoms with Gasteiger partial charge >= 0.3 is 0 Å². The maximum absolute atomic E-state index is 12.7. The van der Waals surface area contributed by atoms with Crippen LogP contribution in [0, 0.1) is 10.1 Å². The molecule has 4 rings (SSSR count). The molecule has 2 aliphatic heterocycles. The average molecular weight is 412 g/mol. The summed E-state index contributed by atoms with van der Waals surface area (Å²) in [4.78, 5) is 24.8. The second-order valence-corrected chi connectivity index (χ2v) is 7.46. The molecule has 0 bridgehead atoms. The van der Waals surface area contributed by atoms with E-state index in [0.29, 0.717) is 26.4 Å². The fourth-order valence-corrected chi connectivity index (χ4v) is 3.94. The van der Waals surface area contributed by atoms with Gasteiger partial charge in [-0.05, 0) is 35.9 Å². The first-order chi connectivity index (χ1) is 13.5. The van der Waals surface area contributed by atoms with E-state index in [1.54, 1.807) is 12.2 Å². The lowest BCUT2D eigenvalue weighted by Crippen LogP contribution is -2.27. The number of carbonyl (C=O) groups is 1. The van der Waals surface area contributed by atoms with Crippen LogP contribution in [0.25, 0.3) is 6.08 Å². The van der Waals surface area contributed by atoms with Crippen LogP contribution < -0.4 is 14.4 Å². The van der Waals surface area contributed by atoms with E-state index >= 15 is 0 Å². The Morgan fingerprint density at radius 3 is 2.64 bits per heavy atom. The quantitative estimate of drug-likeness (QED) is 0.321.